The Kier molecular flexibility index (Phi) is 8.32. The Labute approximate surface area is 134 Å². The van der Waals surface area contributed by atoms with Crippen molar-refractivity contribution >= 4 is 30.1 Å². The molecule has 0 bridgehead atoms. The molecular weight excluding hydrogens is 312 g/mol. The van der Waals surface area contributed by atoms with Gasteiger partial charge in [0, 0.05) is 5.56 Å². The summed E-state index contributed by atoms with van der Waals surface area (Å²) in [5, 5.41) is 8.69. The highest BCUT2D eigenvalue weighted by molar-refractivity contribution is 6.02. The minimum absolute atomic E-state index is 0. The number of esters is 1. The van der Waals surface area contributed by atoms with Crippen LogP contribution in [-0.4, -0.2) is 42.0 Å². The summed E-state index contributed by atoms with van der Waals surface area (Å²) in [6.45, 7) is 0. The molecule has 2 unspecified atom stereocenters. The van der Waals surface area contributed by atoms with Crippen molar-refractivity contribution in [1.29, 1.82) is 0 Å². The predicted octanol–water partition coefficient (Wildman–Crippen LogP) is 0.136. The number of hydrogen-bond donors (Lipinski definition) is 3. The lowest BCUT2D eigenvalue weighted by atomic mass is 9.94. The molecule has 0 amide bonds. The van der Waals surface area contributed by atoms with Gasteiger partial charge in [-0.1, -0.05) is 24.3 Å². The second-order valence-corrected chi connectivity index (χ2v) is 4.56. The largest absolute Gasteiger partial charge is 0.481 e. The topological polar surface area (TPSA) is 133 Å². The zero-order valence-electron chi connectivity index (χ0n) is 12.0. The molecule has 0 aliphatic heterocycles. The molecule has 0 aromatic heterocycles. The van der Waals surface area contributed by atoms with Gasteiger partial charge in [-0.2, -0.15) is 0 Å². The minimum atomic E-state index is -1.15. The number of ether oxygens (including phenoxy) is 1. The monoisotopic (exact) mass is 330 g/mol. The molecular formula is C14H19ClN2O5. The van der Waals surface area contributed by atoms with Crippen molar-refractivity contribution in [2.75, 3.05) is 7.11 Å². The summed E-state index contributed by atoms with van der Waals surface area (Å²) in [6.07, 6.45) is -0.357. The van der Waals surface area contributed by atoms with Crippen LogP contribution in [0.5, 0.6) is 0 Å². The van der Waals surface area contributed by atoms with E-state index < -0.39 is 36.2 Å². The van der Waals surface area contributed by atoms with Crippen molar-refractivity contribution in [2.45, 2.75) is 24.9 Å². The van der Waals surface area contributed by atoms with Crippen molar-refractivity contribution < 1.29 is 24.2 Å². The van der Waals surface area contributed by atoms with Gasteiger partial charge in [-0.25, -0.2) is 0 Å². The second kappa shape index (κ2) is 9.14. The molecule has 5 N–H and O–H groups in total. The third-order valence-corrected chi connectivity index (χ3v) is 2.96. The van der Waals surface area contributed by atoms with Gasteiger partial charge < -0.3 is 21.3 Å². The number of halogens is 1. The zero-order chi connectivity index (χ0) is 16.0. The smallest absolute Gasteiger partial charge is 0.322 e. The molecule has 7 nitrogen and oxygen atoms in total. The summed E-state index contributed by atoms with van der Waals surface area (Å²) in [5.74, 6) is -2.24. The van der Waals surface area contributed by atoms with E-state index in [0.29, 0.717) is 5.56 Å². The number of carboxylic acids is 1. The van der Waals surface area contributed by atoms with Crippen LogP contribution in [0.1, 0.15) is 22.3 Å². The summed E-state index contributed by atoms with van der Waals surface area (Å²) in [6, 6.07) is 4.46. The molecule has 1 aromatic rings. The lowest BCUT2D eigenvalue weighted by Crippen LogP contribution is -2.36. The molecule has 0 saturated heterocycles. The number of nitrogens with two attached hydrogens (primary N) is 2. The van der Waals surface area contributed by atoms with Crippen LogP contribution in [0.25, 0.3) is 0 Å². The van der Waals surface area contributed by atoms with Crippen LogP contribution in [0, 0.1) is 0 Å². The maximum absolute atomic E-state index is 12.2. The Morgan fingerprint density at radius 1 is 1.18 bits per heavy atom. The molecule has 1 rings (SSSR count). The Hall–Kier alpha value is -1.96. The van der Waals surface area contributed by atoms with Gasteiger partial charge in [0.25, 0.3) is 0 Å². The lowest BCUT2D eigenvalue weighted by molar-refractivity contribution is -0.142. The number of ketones is 1. The first-order chi connectivity index (χ1) is 9.86. The molecule has 0 heterocycles. The first-order valence-electron chi connectivity index (χ1n) is 6.29. The van der Waals surface area contributed by atoms with Gasteiger partial charge in [0.2, 0.25) is 0 Å². The van der Waals surface area contributed by atoms with Gasteiger partial charge in [-0.3, -0.25) is 14.4 Å². The van der Waals surface area contributed by atoms with Crippen molar-refractivity contribution in [2.24, 2.45) is 11.5 Å². The molecule has 8 heteroatoms. The molecule has 0 aliphatic rings. The van der Waals surface area contributed by atoms with Crippen LogP contribution in [-0.2, 0) is 20.7 Å². The summed E-state index contributed by atoms with van der Waals surface area (Å²) in [4.78, 5) is 34.1. The SMILES string of the molecule is COC(=O)C(N)Cc1ccccc1C(=O)C(N)CC(=O)O.Cl. The van der Waals surface area contributed by atoms with E-state index in [4.69, 9.17) is 16.6 Å². The Bertz CT molecular complexity index is 550. The van der Waals surface area contributed by atoms with Gasteiger partial charge in [0.1, 0.15) is 6.04 Å². The number of hydrogen-bond acceptors (Lipinski definition) is 6. The Morgan fingerprint density at radius 2 is 1.77 bits per heavy atom. The van der Waals surface area contributed by atoms with Gasteiger partial charge in [-0.05, 0) is 12.0 Å². The van der Waals surface area contributed by atoms with E-state index in [-0.39, 0.29) is 24.4 Å². The summed E-state index contributed by atoms with van der Waals surface area (Å²) >= 11 is 0. The van der Waals surface area contributed by atoms with E-state index >= 15 is 0 Å². The van der Waals surface area contributed by atoms with Gasteiger partial charge in [0.15, 0.2) is 5.78 Å². The van der Waals surface area contributed by atoms with Crippen molar-refractivity contribution in [3.8, 4) is 0 Å². The first kappa shape index (κ1) is 20.0. The molecule has 0 aliphatic carbocycles. The number of carbonyl (C=O) groups excluding carboxylic acids is 2. The summed E-state index contributed by atoms with van der Waals surface area (Å²) in [5.41, 5.74) is 12.1. The zero-order valence-corrected chi connectivity index (χ0v) is 12.8. The molecule has 0 saturated carbocycles. The van der Waals surface area contributed by atoms with Crippen LogP contribution in [0.15, 0.2) is 24.3 Å². The molecule has 1 aromatic carbocycles. The molecule has 0 spiro atoms. The van der Waals surface area contributed by atoms with Crippen molar-refractivity contribution in [3.05, 3.63) is 35.4 Å². The number of rotatable bonds is 7. The number of methoxy groups -OCH3 is 1. The minimum Gasteiger partial charge on any atom is -0.481 e. The average Bonchev–Trinajstić information content (AvgIpc) is 2.45. The average molecular weight is 331 g/mol. The first-order valence-corrected chi connectivity index (χ1v) is 6.29. The van der Waals surface area contributed by atoms with Crippen LogP contribution in [0.3, 0.4) is 0 Å². The third-order valence-electron chi connectivity index (χ3n) is 2.96. The molecule has 22 heavy (non-hydrogen) atoms. The van der Waals surface area contributed by atoms with Crippen LogP contribution < -0.4 is 11.5 Å². The maximum atomic E-state index is 12.2. The number of carbonyl (C=O) groups is 3. The molecule has 2 atom stereocenters. The highest BCUT2D eigenvalue weighted by Gasteiger charge is 2.23. The fourth-order valence-electron chi connectivity index (χ4n) is 1.89. The highest BCUT2D eigenvalue weighted by Crippen LogP contribution is 2.14. The van der Waals surface area contributed by atoms with Crippen molar-refractivity contribution in [3.63, 3.8) is 0 Å². The molecule has 122 valence electrons. The fraction of sp³-hybridized carbons (Fsp3) is 0.357. The van der Waals surface area contributed by atoms with E-state index in [0.717, 1.165) is 0 Å². The van der Waals surface area contributed by atoms with Crippen LogP contribution in [0.4, 0.5) is 0 Å². The van der Waals surface area contributed by atoms with E-state index in [9.17, 15) is 14.4 Å². The maximum Gasteiger partial charge on any atom is 0.322 e. The standard InChI is InChI=1S/C14H18N2O5.ClH/c1-21-14(20)11(16)6-8-4-2-3-5-9(8)13(19)10(15)7-12(17)18;/h2-5,10-11H,6-7,15-16H2,1H3,(H,17,18);1H. The molecule has 0 fully saturated rings. The van der Waals surface area contributed by atoms with Gasteiger partial charge in [-0.15, -0.1) is 12.4 Å². The van der Waals surface area contributed by atoms with Gasteiger partial charge in [0.05, 0.1) is 19.6 Å². The number of aliphatic carboxylic acids is 1. The fourth-order valence-corrected chi connectivity index (χ4v) is 1.89. The van der Waals surface area contributed by atoms with E-state index in [1.165, 1.54) is 13.2 Å². The predicted molar refractivity (Wildman–Crippen MR) is 81.9 cm³/mol. The lowest BCUT2D eigenvalue weighted by Gasteiger charge is -2.14. The summed E-state index contributed by atoms with van der Waals surface area (Å²) in [7, 11) is 1.22. The highest BCUT2D eigenvalue weighted by atomic mass is 35.5. The quantitative estimate of drug-likeness (QED) is 0.478. The number of carboxylic acid groups (broad SMARTS) is 1. The van der Waals surface area contributed by atoms with E-state index in [2.05, 4.69) is 4.74 Å². The van der Waals surface area contributed by atoms with Crippen molar-refractivity contribution in [1.82, 2.24) is 0 Å². The van der Waals surface area contributed by atoms with Gasteiger partial charge >= 0.3 is 11.9 Å². The van der Waals surface area contributed by atoms with E-state index in [1.807, 2.05) is 0 Å². The van der Waals surface area contributed by atoms with Crippen LogP contribution >= 0.6 is 12.4 Å². The number of Topliss-reactive ketones (excluding diaryl/α,β-unsaturated/α-hetero) is 1. The Balaban J connectivity index is 0.00000441. The molecule has 0 radical (unpaired) electrons. The number of benzene rings is 1. The third kappa shape index (κ3) is 5.44. The normalized spacial score (nSPS) is 12.7. The second-order valence-electron chi connectivity index (χ2n) is 4.56. The Morgan fingerprint density at radius 3 is 2.32 bits per heavy atom. The summed E-state index contributed by atoms with van der Waals surface area (Å²) < 4.78 is 4.53. The van der Waals surface area contributed by atoms with E-state index in [1.54, 1.807) is 18.2 Å². The van der Waals surface area contributed by atoms with Crippen LogP contribution in [0.2, 0.25) is 0 Å².